The molecule has 7 heteroatoms. The lowest BCUT2D eigenvalue weighted by Gasteiger charge is -2.14. The van der Waals surface area contributed by atoms with Gasteiger partial charge in [-0.2, -0.15) is 0 Å². The number of carbonyl (C=O) groups is 3. The number of halogens is 1. The number of nitrogens with zero attached hydrogens (tertiary/aromatic N) is 1. The fourth-order valence-electron chi connectivity index (χ4n) is 2.55. The van der Waals surface area contributed by atoms with Crippen molar-refractivity contribution in [3.8, 4) is 5.75 Å². The van der Waals surface area contributed by atoms with Crippen LogP contribution in [-0.4, -0.2) is 29.2 Å². The average Bonchev–Trinajstić information content (AvgIpc) is 2.95. The zero-order chi connectivity index (χ0) is 18.5. The van der Waals surface area contributed by atoms with E-state index < -0.39 is 0 Å². The minimum atomic E-state index is -0.273. The second-order valence-electron chi connectivity index (χ2n) is 5.86. The van der Waals surface area contributed by atoms with E-state index in [2.05, 4.69) is 21.2 Å². The Morgan fingerprint density at radius 2 is 1.62 bits per heavy atom. The van der Waals surface area contributed by atoms with Gasteiger partial charge in [0, 0.05) is 23.0 Å². The largest absolute Gasteiger partial charge is 0.484 e. The first-order valence-corrected chi connectivity index (χ1v) is 8.91. The molecule has 2 aromatic carbocycles. The highest BCUT2D eigenvalue weighted by molar-refractivity contribution is 9.10. The number of amides is 3. The van der Waals surface area contributed by atoms with Gasteiger partial charge in [0.15, 0.2) is 6.61 Å². The monoisotopic (exact) mass is 416 g/mol. The zero-order valence-corrected chi connectivity index (χ0v) is 15.5. The van der Waals surface area contributed by atoms with Gasteiger partial charge in [0.05, 0.1) is 6.54 Å². The normalized spacial score (nSPS) is 13.8. The molecule has 3 amide bonds. The highest BCUT2D eigenvalue weighted by atomic mass is 79.9. The molecule has 0 aromatic heterocycles. The van der Waals surface area contributed by atoms with Crippen LogP contribution in [0.3, 0.4) is 0 Å². The molecule has 0 radical (unpaired) electrons. The molecule has 134 valence electrons. The summed E-state index contributed by atoms with van der Waals surface area (Å²) in [6.45, 7) is 0.165. The molecule has 1 aliphatic heterocycles. The number of hydrogen-bond acceptors (Lipinski definition) is 4. The van der Waals surface area contributed by atoms with Crippen molar-refractivity contribution in [3.05, 3.63) is 58.6 Å². The van der Waals surface area contributed by atoms with E-state index in [9.17, 15) is 14.4 Å². The van der Waals surface area contributed by atoms with Gasteiger partial charge < -0.3 is 10.1 Å². The molecule has 0 saturated carbocycles. The lowest BCUT2D eigenvalue weighted by atomic mass is 10.2. The van der Waals surface area contributed by atoms with Crippen LogP contribution in [0.4, 0.5) is 5.69 Å². The number of rotatable bonds is 6. The maximum absolute atomic E-state index is 12.0. The quantitative estimate of drug-likeness (QED) is 0.733. The molecule has 2 aromatic rings. The second-order valence-corrected chi connectivity index (χ2v) is 6.78. The highest BCUT2D eigenvalue weighted by Crippen LogP contribution is 2.18. The van der Waals surface area contributed by atoms with Crippen LogP contribution in [0, 0.1) is 0 Å². The number of ether oxygens (including phenoxy) is 1. The van der Waals surface area contributed by atoms with Crippen molar-refractivity contribution in [3.63, 3.8) is 0 Å². The molecular formula is C19H17BrN2O4. The van der Waals surface area contributed by atoms with Crippen LogP contribution in [0.25, 0.3) is 0 Å². The van der Waals surface area contributed by atoms with E-state index in [0.29, 0.717) is 11.4 Å². The van der Waals surface area contributed by atoms with E-state index in [1.165, 1.54) is 4.90 Å². The third-order valence-corrected chi connectivity index (χ3v) is 4.45. The lowest BCUT2D eigenvalue weighted by molar-refractivity contribution is -0.139. The molecule has 3 rings (SSSR count). The van der Waals surface area contributed by atoms with Crippen molar-refractivity contribution in [2.45, 2.75) is 19.4 Å². The number of carbonyl (C=O) groups excluding carboxylic acids is 3. The van der Waals surface area contributed by atoms with E-state index in [0.717, 1.165) is 10.0 Å². The Balaban J connectivity index is 1.50. The Bertz CT molecular complexity index is 802. The minimum Gasteiger partial charge on any atom is -0.484 e. The second kappa shape index (κ2) is 8.14. The Labute approximate surface area is 159 Å². The number of imide groups is 1. The fourth-order valence-corrected chi connectivity index (χ4v) is 2.82. The number of nitrogens with one attached hydrogen (secondary N) is 1. The third-order valence-electron chi connectivity index (χ3n) is 3.92. The molecule has 0 aliphatic carbocycles. The van der Waals surface area contributed by atoms with E-state index >= 15 is 0 Å². The standard InChI is InChI=1S/C19H17BrN2O4/c20-14-3-7-16(8-4-14)26-12-17(23)21-15-5-1-13(2-6-15)11-22-18(24)9-10-19(22)25/h1-8H,9-12H2,(H,21,23). The van der Waals surface area contributed by atoms with Gasteiger partial charge in [-0.15, -0.1) is 0 Å². The fraction of sp³-hybridized carbons (Fsp3) is 0.211. The number of anilines is 1. The summed E-state index contributed by atoms with van der Waals surface area (Å²) in [4.78, 5) is 36.5. The molecule has 1 N–H and O–H groups in total. The van der Waals surface area contributed by atoms with Crippen molar-refractivity contribution in [1.82, 2.24) is 4.90 Å². The molecule has 0 unspecified atom stereocenters. The van der Waals surface area contributed by atoms with Gasteiger partial charge >= 0.3 is 0 Å². The molecule has 6 nitrogen and oxygen atoms in total. The van der Waals surface area contributed by atoms with Gasteiger partial charge in [-0.1, -0.05) is 28.1 Å². The van der Waals surface area contributed by atoms with Crippen molar-refractivity contribution >= 4 is 39.3 Å². The molecular weight excluding hydrogens is 400 g/mol. The Hall–Kier alpha value is -2.67. The van der Waals surface area contributed by atoms with Gasteiger partial charge in [-0.05, 0) is 42.0 Å². The summed E-state index contributed by atoms with van der Waals surface area (Å²) in [5.74, 6) is 0.0548. The van der Waals surface area contributed by atoms with E-state index in [1.54, 1.807) is 36.4 Å². The SMILES string of the molecule is O=C(COc1ccc(Br)cc1)Nc1ccc(CN2C(=O)CCC2=O)cc1. The van der Waals surface area contributed by atoms with Crippen molar-refractivity contribution in [2.24, 2.45) is 0 Å². The average molecular weight is 417 g/mol. The lowest BCUT2D eigenvalue weighted by Crippen LogP contribution is -2.28. The molecule has 1 aliphatic rings. The van der Waals surface area contributed by atoms with E-state index in [4.69, 9.17) is 4.74 Å². The predicted molar refractivity (Wildman–Crippen MR) is 99.5 cm³/mol. The van der Waals surface area contributed by atoms with Crippen LogP contribution in [0.2, 0.25) is 0 Å². The summed E-state index contributed by atoms with van der Waals surface area (Å²) in [6, 6.07) is 14.2. The van der Waals surface area contributed by atoms with Crippen molar-refractivity contribution in [1.29, 1.82) is 0 Å². The van der Waals surface area contributed by atoms with Crippen molar-refractivity contribution < 1.29 is 19.1 Å². The van der Waals surface area contributed by atoms with Gasteiger partial charge in [-0.25, -0.2) is 0 Å². The van der Waals surface area contributed by atoms with E-state index in [1.807, 2.05) is 12.1 Å². The Morgan fingerprint density at radius 1 is 1.00 bits per heavy atom. The molecule has 0 spiro atoms. The molecule has 0 atom stereocenters. The number of benzene rings is 2. The summed E-state index contributed by atoms with van der Waals surface area (Å²) >= 11 is 3.33. The molecule has 1 fully saturated rings. The molecule has 1 heterocycles. The Morgan fingerprint density at radius 3 is 2.23 bits per heavy atom. The topological polar surface area (TPSA) is 75.7 Å². The van der Waals surface area contributed by atoms with Crippen LogP contribution in [0.5, 0.6) is 5.75 Å². The van der Waals surface area contributed by atoms with Crippen LogP contribution in [-0.2, 0) is 20.9 Å². The van der Waals surface area contributed by atoms with E-state index in [-0.39, 0.29) is 43.7 Å². The van der Waals surface area contributed by atoms with Gasteiger partial charge in [-0.3, -0.25) is 19.3 Å². The molecule has 26 heavy (non-hydrogen) atoms. The molecule has 0 bridgehead atoms. The summed E-state index contributed by atoms with van der Waals surface area (Å²) in [7, 11) is 0. The predicted octanol–water partition coefficient (Wildman–Crippen LogP) is 3.12. The maximum atomic E-state index is 12.0. The minimum absolute atomic E-state index is 0.0971. The first-order chi connectivity index (χ1) is 12.5. The zero-order valence-electron chi connectivity index (χ0n) is 13.9. The number of hydrogen-bond donors (Lipinski definition) is 1. The first kappa shape index (κ1) is 18.1. The summed E-state index contributed by atoms with van der Waals surface area (Å²) < 4.78 is 6.35. The highest BCUT2D eigenvalue weighted by Gasteiger charge is 2.28. The van der Waals surface area contributed by atoms with Crippen LogP contribution >= 0.6 is 15.9 Å². The summed E-state index contributed by atoms with van der Waals surface area (Å²) in [5, 5.41) is 2.74. The number of likely N-dealkylation sites (tertiary alicyclic amines) is 1. The van der Waals surface area contributed by atoms with Gasteiger partial charge in [0.25, 0.3) is 5.91 Å². The van der Waals surface area contributed by atoms with Gasteiger partial charge in [0.1, 0.15) is 5.75 Å². The Kier molecular flexibility index (Phi) is 5.68. The van der Waals surface area contributed by atoms with Crippen molar-refractivity contribution in [2.75, 3.05) is 11.9 Å². The molecule has 1 saturated heterocycles. The summed E-state index contributed by atoms with van der Waals surface area (Å²) in [6.07, 6.45) is 0.566. The smallest absolute Gasteiger partial charge is 0.262 e. The van der Waals surface area contributed by atoms with Crippen LogP contribution in [0.1, 0.15) is 18.4 Å². The first-order valence-electron chi connectivity index (χ1n) is 8.11. The summed E-state index contributed by atoms with van der Waals surface area (Å²) in [5.41, 5.74) is 1.45. The van der Waals surface area contributed by atoms with Gasteiger partial charge in [0.2, 0.25) is 11.8 Å². The van der Waals surface area contributed by atoms with Crippen LogP contribution in [0.15, 0.2) is 53.0 Å². The third kappa shape index (κ3) is 4.70. The van der Waals surface area contributed by atoms with Crippen LogP contribution < -0.4 is 10.1 Å². The maximum Gasteiger partial charge on any atom is 0.262 e.